The maximum Gasteiger partial charge on any atom is 0.233 e. The molecule has 130 valence electrons. The van der Waals surface area contributed by atoms with Crippen molar-refractivity contribution in [3.63, 3.8) is 0 Å². The predicted molar refractivity (Wildman–Crippen MR) is 90.6 cm³/mol. The second kappa shape index (κ2) is 7.27. The number of carbonyl (C=O) groups is 2. The van der Waals surface area contributed by atoms with E-state index in [0.717, 1.165) is 38.8 Å². The lowest BCUT2D eigenvalue weighted by Gasteiger charge is -2.35. The van der Waals surface area contributed by atoms with Gasteiger partial charge in [-0.1, -0.05) is 0 Å². The van der Waals surface area contributed by atoms with Crippen molar-refractivity contribution in [2.75, 3.05) is 37.4 Å². The van der Waals surface area contributed by atoms with E-state index in [9.17, 15) is 9.59 Å². The second-order valence-corrected chi connectivity index (χ2v) is 6.61. The van der Waals surface area contributed by atoms with Crippen molar-refractivity contribution in [1.29, 1.82) is 0 Å². The lowest BCUT2D eigenvalue weighted by Crippen LogP contribution is -2.47. The lowest BCUT2D eigenvalue weighted by molar-refractivity contribution is -0.130. The molecule has 2 heterocycles. The Morgan fingerprint density at radius 1 is 1.29 bits per heavy atom. The first-order valence-electron chi connectivity index (χ1n) is 8.41. The van der Waals surface area contributed by atoms with E-state index in [1.54, 1.807) is 25.4 Å². The molecule has 7 nitrogen and oxygen atoms in total. The number of rotatable bonds is 6. The smallest absolute Gasteiger partial charge is 0.233 e. The molecule has 0 radical (unpaired) electrons. The molecule has 0 unspecified atom stereocenters. The summed E-state index contributed by atoms with van der Waals surface area (Å²) in [5.74, 6) is 0.633. The molecule has 0 spiro atoms. The number of hydrogen-bond acceptors (Lipinski definition) is 5. The maximum atomic E-state index is 12.7. The van der Waals surface area contributed by atoms with Gasteiger partial charge in [-0.15, -0.1) is 0 Å². The minimum absolute atomic E-state index is 0.0213. The van der Waals surface area contributed by atoms with Gasteiger partial charge in [0.25, 0.3) is 0 Å². The zero-order chi connectivity index (χ0) is 17.0. The normalized spacial score (nSPS) is 19.5. The van der Waals surface area contributed by atoms with E-state index in [1.807, 2.05) is 0 Å². The van der Waals surface area contributed by atoms with Gasteiger partial charge < -0.3 is 20.7 Å². The second-order valence-electron chi connectivity index (χ2n) is 6.61. The van der Waals surface area contributed by atoms with Crippen molar-refractivity contribution in [3.8, 4) is 0 Å². The van der Waals surface area contributed by atoms with Crippen LogP contribution in [0.25, 0.3) is 0 Å². The molecule has 0 aromatic carbocycles. The standard InChI is InChI=1S/C17H24N4O3/c1-24-11-17(6-8-18-9-7-17)16(23)20-13-4-5-14(19-10-13)21-15(22)12-2-3-12/h4-5,10,12,18H,2-3,6-9,11H2,1H3,(H,20,23)(H,19,21,22). The fourth-order valence-electron chi connectivity index (χ4n) is 3.00. The van der Waals surface area contributed by atoms with E-state index in [2.05, 4.69) is 20.9 Å². The van der Waals surface area contributed by atoms with E-state index in [4.69, 9.17) is 4.74 Å². The molecule has 1 aromatic heterocycles. The van der Waals surface area contributed by atoms with Gasteiger partial charge in [0.05, 0.1) is 23.9 Å². The van der Waals surface area contributed by atoms with Crippen molar-refractivity contribution in [2.24, 2.45) is 11.3 Å². The summed E-state index contributed by atoms with van der Waals surface area (Å²) in [6, 6.07) is 3.47. The van der Waals surface area contributed by atoms with Crippen LogP contribution in [0.3, 0.4) is 0 Å². The summed E-state index contributed by atoms with van der Waals surface area (Å²) >= 11 is 0. The van der Waals surface area contributed by atoms with Crippen molar-refractivity contribution >= 4 is 23.3 Å². The summed E-state index contributed by atoms with van der Waals surface area (Å²) < 4.78 is 5.28. The largest absolute Gasteiger partial charge is 0.384 e. The average Bonchev–Trinajstić information content (AvgIpc) is 3.43. The van der Waals surface area contributed by atoms with E-state index < -0.39 is 5.41 Å². The highest BCUT2D eigenvalue weighted by Crippen LogP contribution is 2.31. The minimum Gasteiger partial charge on any atom is -0.384 e. The van der Waals surface area contributed by atoms with Crippen LogP contribution < -0.4 is 16.0 Å². The highest BCUT2D eigenvalue weighted by atomic mass is 16.5. The van der Waals surface area contributed by atoms with Gasteiger partial charge in [-0.3, -0.25) is 9.59 Å². The molecular weight excluding hydrogens is 308 g/mol. The number of ether oxygens (including phenoxy) is 1. The Morgan fingerprint density at radius 3 is 2.62 bits per heavy atom. The highest BCUT2D eigenvalue weighted by molar-refractivity contribution is 5.96. The number of piperidine rings is 1. The molecule has 0 bridgehead atoms. The Kier molecular flexibility index (Phi) is 5.11. The molecule has 1 aromatic rings. The van der Waals surface area contributed by atoms with Crippen molar-refractivity contribution in [1.82, 2.24) is 10.3 Å². The van der Waals surface area contributed by atoms with Crippen LogP contribution in [0.4, 0.5) is 11.5 Å². The fraction of sp³-hybridized carbons (Fsp3) is 0.588. The molecule has 1 saturated heterocycles. The van der Waals surface area contributed by atoms with Crippen molar-refractivity contribution in [3.05, 3.63) is 18.3 Å². The molecule has 2 amide bonds. The molecule has 1 saturated carbocycles. The summed E-state index contributed by atoms with van der Waals surface area (Å²) in [7, 11) is 1.62. The molecule has 24 heavy (non-hydrogen) atoms. The Morgan fingerprint density at radius 2 is 2.04 bits per heavy atom. The predicted octanol–water partition coefficient (Wildman–Crippen LogP) is 1.38. The first kappa shape index (κ1) is 16.9. The lowest BCUT2D eigenvalue weighted by atomic mass is 9.78. The zero-order valence-electron chi connectivity index (χ0n) is 13.9. The molecule has 2 aliphatic rings. The number of amides is 2. The van der Waals surface area contributed by atoms with Gasteiger partial charge in [-0.05, 0) is 50.9 Å². The Bertz CT molecular complexity index is 587. The average molecular weight is 332 g/mol. The molecule has 1 aliphatic carbocycles. The van der Waals surface area contributed by atoms with E-state index in [0.29, 0.717) is 18.1 Å². The molecule has 2 fully saturated rings. The van der Waals surface area contributed by atoms with Gasteiger partial charge in [0.15, 0.2) is 0 Å². The van der Waals surface area contributed by atoms with Gasteiger partial charge >= 0.3 is 0 Å². The van der Waals surface area contributed by atoms with Crippen LogP contribution in [0.5, 0.6) is 0 Å². The molecule has 1 aliphatic heterocycles. The quantitative estimate of drug-likeness (QED) is 0.732. The third-order valence-corrected chi connectivity index (χ3v) is 4.68. The number of methoxy groups -OCH3 is 1. The first-order chi connectivity index (χ1) is 11.6. The summed E-state index contributed by atoms with van der Waals surface area (Å²) in [5.41, 5.74) is 0.122. The summed E-state index contributed by atoms with van der Waals surface area (Å²) in [6.45, 7) is 2.02. The van der Waals surface area contributed by atoms with Crippen LogP contribution in [-0.2, 0) is 14.3 Å². The third-order valence-electron chi connectivity index (χ3n) is 4.68. The van der Waals surface area contributed by atoms with E-state index >= 15 is 0 Å². The summed E-state index contributed by atoms with van der Waals surface area (Å²) in [6.07, 6.45) is 4.97. The summed E-state index contributed by atoms with van der Waals surface area (Å²) in [4.78, 5) is 28.6. The fourth-order valence-corrected chi connectivity index (χ4v) is 3.00. The van der Waals surface area contributed by atoms with E-state index in [-0.39, 0.29) is 17.7 Å². The Labute approximate surface area is 141 Å². The monoisotopic (exact) mass is 332 g/mol. The molecule has 3 N–H and O–H groups in total. The molecule has 3 rings (SSSR count). The third kappa shape index (κ3) is 3.91. The highest BCUT2D eigenvalue weighted by Gasteiger charge is 2.39. The van der Waals surface area contributed by atoms with Crippen molar-refractivity contribution in [2.45, 2.75) is 25.7 Å². The van der Waals surface area contributed by atoms with Crippen molar-refractivity contribution < 1.29 is 14.3 Å². The zero-order valence-corrected chi connectivity index (χ0v) is 13.9. The molecule has 7 heteroatoms. The Balaban J connectivity index is 1.61. The number of aromatic nitrogens is 1. The number of nitrogens with one attached hydrogen (secondary N) is 3. The molecular formula is C17H24N4O3. The van der Waals surface area contributed by atoms with Crippen LogP contribution in [0.1, 0.15) is 25.7 Å². The first-order valence-corrected chi connectivity index (χ1v) is 8.41. The van der Waals surface area contributed by atoms with Gasteiger partial charge in [-0.2, -0.15) is 0 Å². The molecule has 0 atom stereocenters. The van der Waals surface area contributed by atoms with E-state index in [1.165, 1.54) is 0 Å². The van der Waals surface area contributed by atoms with Crippen LogP contribution in [0.15, 0.2) is 18.3 Å². The maximum absolute atomic E-state index is 12.7. The van der Waals surface area contributed by atoms with Crippen LogP contribution >= 0.6 is 0 Å². The SMILES string of the molecule is COCC1(C(=O)Nc2ccc(NC(=O)C3CC3)nc2)CCNCC1. The van der Waals surface area contributed by atoms with Gasteiger partial charge in [0.2, 0.25) is 11.8 Å². The Hall–Kier alpha value is -1.99. The number of pyridine rings is 1. The van der Waals surface area contributed by atoms with Gasteiger partial charge in [0, 0.05) is 13.0 Å². The number of carbonyl (C=O) groups excluding carboxylic acids is 2. The number of anilines is 2. The van der Waals surface area contributed by atoms with Gasteiger partial charge in [-0.25, -0.2) is 4.98 Å². The topological polar surface area (TPSA) is 92.4 Å². The van der Waals surface area contributed by atoms with Crippen LogP contribution in [0, 0.1) is 11.3 Å². The van der Waals surface area contributed by atoms with Gasteiger partial charge in [0.1, 0.15) is 5.82 Å². The number of nitrogens with zero attached hydrogens (tertiary/aromatic N) is 1. The van der Waals surface area contributed by atoms with Crippen LogP contribution in [0.2, 0.25) is 0 Å². The van der Waals surface area contributed by atoms with Crippen LogP contribution in [-0.4, -0.2) is 43.6 Å². The minimum atomic E-state index is -0.501. The summed E-state index contributed by atoms with van der Waals surface area (Å²) in [5, 5.41) is 8.98. The number of hydrogen-bond donors (Lipinski definition) is 3.